The van der Waals surface area contributed by atoms with Crippen LogP contribution in [0.15, 0.2) is 24.3 Å². The van der Waals surface area contributed by atoms with E-state index >= 15 is 0 Å². The summed E-state index contributed by atoms with van der Waals surface area (Å²) in [4.78, 5) is 23.0. The van der Waals surface area contributed by atoms with Crippen LogP contribution in [-0.2, 0) is 4.74 Å². The van der Waals surface area contributed by atoms with E-state index in [1.807, 2.05) is 6.92 Å². The van der Waals surface area contributed by atoms with E-state index in [2.05, 4.69) is 10.6 Å². The van der Waals surface area contributed by atoms with Gasteiger partial charge in [-0.15, -0.1) is 0 Å². The monoisotopic (exact) mass is 298 g/mol. The third kappa shape index (κ3) is 5.93. The number of carbonyl (C=O) groups excluding carboxylic acids is 2. The molecule has 0 saturated carbocycles. The fraction of sp³-hybridized carbons (Fsp3) is 0.429. The number of unbranched alkanes of at least 4 members (excludes halogenated alkanes) is 1. The second-order valence-electron chi connectivity index (χ2n) is 4.15. The summed E-state index contributed by atoms with van der Waals surface area (Å²) in [7, 11) is 0. The largest absolute Gasteiger partial charge is 0.450 e. The third-order valence-electron chi connectivity index (χ3n) is 2.53. The van der Waals surface area contributed by atoms with E-state index in [1.165, 1.54) is 0 Å². The topological polar surface area (TPSA) is 67.4 Å². The highest BCUT2D eigenvalue weighted by molar-refractivity contribution is 6.33. The van der Waals surface area contributed by atoms with Gasteiger partial charge in [0.25, 0.3) is 5.91 Å². The standard InChI is InChI=1S/C14H19ClN2O3/c1-2-3-10-20-14(19)17-9-8-16-13(18)11-6-4-5-7-12(11)15/h4-7H,2-3,8-10H2,1H3,(H,16,18)(H,17,19). The van der Waals surface area contributed by atoms with Gasteiger partial charge in [0, 0.05) is 13.1 Å². The molecule has 0 aliphatic heterocycles. The van der Waals surface area contributed by atoms with Crippen molar-refractivity contribution in [1.29, 1.82) is 0 Å². The molecule has 110 valence electrons. The Bertz CT molecular complexity index is 452. The van der Waals surface area contributed by atoms with Gasteiger partial charge in [0.1, 0.15) is 0 Å². The zero-order valence-electron chi connectivity index (χ0n) is 11.4. The van der Waals surface area contributed by atoms with E-state index in [9.17, 15) is 9.59 Å². The zero-order valence-corrected chi connectivity index (χ0v) is 12.2. The number of nitrogens with one attached hydrogen (secondary N) is 2. The van der Waals surface area contributed by atoms with Gasteiger partial charge in [-0.2, -0.15) is 0 Å². The normalized spacial score (nSPS) is 9.90. The summed E-state index contributed by atoms with van der Waals surface area (Å²) in [5.41, 5.74) is 0.416. The number of hydrogen-bond acceptors (Lipinski definition) is 3. The van der Waals surface area contributed by atoms with Crippen molar-refractivity contribution < 1.29 is 14.3 Å². The first-order valence-corrected chi connectivity index (χ1v) is 6.96. The van der Waals surface area contributed by atoms with Crippen molar-refractivity contribution in [3.8, 4) is 0 Å². The predicted molar refractivity (Wildman–Crippen MR) is 78.0 cm³/mol. The van der Waals surface area contributed by atoms with Crippen LogP contribution in [0.3, 0.4) is 0 Å². The van der Waals surface area contributed by atoms with Gasteiger partial charge >= 0.3 is 6.09 Å². The molecule has 1 aromatic rings. The molecule has 0 atom stereocenters. The Morgan fingerprint density at radius 2 is 1.90 bits per heavy atom. The molecule has 0 aliphatic carbocycles. The average Bonchev–Trinajstić information content (AvgIpc) is 2.44. The molecular weight excluding hydrogens is 280 g/mol. The van der Waals surface area contributed by atoms with Crippen LogP contribution in [0.4, 0.5) is 4.79 Å². The number of amides is 2. The minimum absolute atomic E-state index is 0.267. The Kier molecular flexibility index (Phi) is 7.50. The first-order valence-electron chi connectivity index (χ1n) is 6.58. The van der Waals surface area contributed by atoms with Gasteiger partial charge in [-0.1, -0.05) is 37.1 Å². The van der Waals surface area contributed by atoms with Crippen LogP contribution in [0.5, 0.6) is 0 Å². The lowest BCUT2D eigenvalue weighted by Crippen LogP contribution is -2.35. The summed E-state index contributed by atoms with van der Waals surface area (Å²) in [5.74, 6) is -0.267. The Morgan fingerprint density at radius 3 is 2.60 bits per heavy atom. The van der Waals surface area contributed by atoms with Gasteiger partial charge in [-0.25, -0.2) is 4.79 Å². The smallest absolute Gasteiger partial charge is 0.407 e. The minimum Gasteiger partial charge on any atom is -0.450 e. The molecule has 6 heteroatoms. The number of carbonyl (C=O) groups is 2. The molecule has 0 unspecified atom stereocenters. The third-order valence-corrected chi connectivity index (χ3v) is 2.86. The number of alkyl carbamates (subject to hydrolysis) is 1. The lowest BCUT2D eigenvalue weighted by Gasteiger charge is -2.08. The van der Waals surface area contributed by atoms with E-state index in [1.54, 1.807) is 24.3 Å². The van der Waals surface area contributed by atoms with Crippen molar-refractivity contribution in [2.75, 3.05) is 19.7 Å². The molecule has 0 radical (unpaired) electrons. The highest BCUT2D eigenvalue weighted by atomic mass is 35.5. The van der Waals surface area contributed by atoms with Gasteiger partial charge in [0.05, 0.1) is 17.2 Å². The van der Waals surface area contributed by atoms with Crippen molar-refractivity contribution in [2.45, 2.75) is 19.8 Å². The first kappa shape index (κ1) is 16.3. The molecular formula is C14H19ClN2O3. The molecule has 2 N–H and O–H groups in total. The average molecular weight is 299 g/mol. The summed E-state index contributed by atoms with van der Waals surface area (Å²) < 4.78 is 4.91. The fourth-order valence-corrected chi connectivity index (χ4v) is 1.66. The molecule has 0 saturated heterocycles. The Morgan fingerprint density at radius 1 is 1.20 bits per heavy atom. The molecule has 0 spiro atoms. The van der Waals surface area contributed by atoms with Gasteiger partial charge in [0.15, 0.2) is 0 Å². The second-order valence-corrected chi connectivity index (χ2v) is 4.56. The molecule has 0 bridgehead atoms. The second kappa shape index (κ2) is 9.20. The number of ether oxygens (including phenoxy) is 1. The number of halogens is 1. The van der Waals surface area contributed by atoms with Crippen LogP contribution < -0.4 is 10.6 Å². The van der Waals surface area contributed by atoms with E-state index in [0.717, 1.165) is 12.8 Å². The molecule has 0 aromatic heterocycles. The van der Waals surface area contributed by atoms with Crippen LogP contribution in [0.1, 0.15) is 30.1 Å². The summed E-state index contributed by atoms with van der Waals surface area (Å²) in [6.07, 6.45) is 1.35. The predicted octanol–water partition coefficient (Wildman–Crippen LogP) is 2.60. The van der Waals surface area contributed by atoms with Gasteiger partial charge < -0.3 is 15.4 Å². The molecule has 0 fully saturated rings. The number of rotatable bonds is 7. The molecule has 1 rings (SSSR count). The summed E-state index contributed by atoms with van der Waals surface area (Å²) in [6, 6.07) is 6.79. The molecule has 1 aromatic carbocycles. The van der Waals surface area contributed by atoms with Gasteiger partial charge in [-0.05, 0) is 18.6 Å². The summed E-state index contributed by atoms with van der Waals surface area (Å²) >= 11 is 5.90. The highest BCUT2D eigenvalue weighted by Crippen LogP contribution is 2.14. The van der Waals surface area contributed by atoms with Crippen LogP contribution in [0, 0.1) is 0 Å². The maximum absolute atomic E-state index is 11.8. The molecule has 5 nitrogen and oxygen atoms in total. The van der Waals surface area contributed by atoms with Crippen LogP contribution >= 0.6 is 11.6 Å². The molecule has 20 heavy (non-hydrogen) atoms. The summed E-state index contributed by atoms with van der Waals surface area (Å²) in [6.45, 7) is 3.05. The molecule has 2 amide bonds. The van der Waals surface area contributed by atoms with Crippen molar-refractivity contribution >= 4 is 23.6 Å². The molecule has 0 heterocycles. The minimum atomic E-state index is -0.467. The quantitative estimate of drug-likeness (QED) is 0.760. The van der Waals surface area contributed by atoms with E-state index in [-0.39, 0.29) is 5.91 Å². The zero-order chi connectivity index (χ0) is 14.8. The SMILES string of the molecule is CCCCOC(=O)NCCNC(=O)c1ccccc1Cl. The fourth-order valence-electron chi connectivity index (χ4n) is 1.44. The summed E-state index contributed by atoms with van der Waals surface area (Å²) in [5, 5.41) is 5.62. The first-order chi connectivity index (χ1) is 9.65. The lowest BCUT2D eigenvalue weighted by molar-refractivity contribution is 0.0952. The Balaban J connectivity index is 2.20. The van der Waals surface area contributed by atoms with E-state index in [0.29, 0.717) is 30.3 Å². The van der Waals surface area contributed by atoms with Crippen molar-refractivity contribution in [2.24, 2.45) is 0 Å². The number of hydrogen-bond donors (Lipinski definition) is 2. The van der Waals surface area contributed by atoms with Crippen molar-refractivity contribution in [1.82, 2.24) is 10.6 Å². The van der Waals surface area contributed by atoms with Gasteiger partial charge in [0.2, 0.25) is 0 Å². The maximum Gasteiger partial charge on any atom is 0.407 e. The van der Waals surface area contributed by atoms with Crippen molar-refractivity contribution in [3.63, 3.8) is 0 Å². The maximum atomic E-state index is 11.8. The molecule has 0 aliphatic rings. The number of benzene rings is 1. The Hall–Kier alpha value is -1.75. The lowest BCUT2D eigenvalue weighted by atomic mass is 10.2. The Labute approximate surface area is 123 Å². The van der Waals surface area contributed by atoms with Crippen molar-refractivity contribution in [3.05, 3.63) is 34.9 Å². The van der Waals surface area contributed by atoms with Gasteiger partial charge in [-0.3, -0.25) is 4.79 Å². The van der Waals surface area contributed by atoms with Crippen LogP contribution in [0.2, 0.25) is 5.02 Å². The van der Waals surface area contributed by atoms with Crippen LogP contribution in [0.25, 0.3) is 0 Å². The van der Waals surface area contributed by atoms with Crippen LogP contribution in [-0.4, -0.2) is 31.7 Å². The van der Waals surface area contributed by atoms with E-state index < -0.39 is 6.09 Å². The van der Waals surface area contributed by atoms with E-state index in [4.69, 9.17) is 16.3 Å². The highest BCUT2D eigenvalue weighted by Gasteiger charge is 2.08.